The minimum absolute atomic E-state index is 0.0421. The maximum atomic E-state index is 12.3. The van der Waals surface area contributed by atoms with Crippen LogP contribution in [0.5, 0.6) is 0 Å². The van der Waals surface area contributed by atoms with Gasteiger partial charge in [0.1, 0.15) is 0 Å². The van der Waals surface area contributed by atoms with Crippen LogP contribution in [0.3, 0.4) is 0 Å². The third-order valence-electron chi connectivity index (χ3n) is 3.27. The summed E-state index contributed by atoms with van der Waals surface area (Å²) in [5.74, 6) is 1.11. The van der Waals surface area contributed by atoms with Gasteiger partial charge in [0.15, 0.2) is 0 Å². The van der Waals surface area contributed by atoms with Crippen molar-refractivity contribution in [1.29, 1.82) is 0 Å². The van der Waals surface area contributed by atoms with E-state index >= 15 is 0 Å². The van der Waals surface area contributed by atoms with Gasteiger partial charge in [-0.15, -0.1) is 11.6 Å². The van der Waals surface area contributed by atoms with Gasteiger partial charge < -0.3 is 4.90 Å². The van der Waals surface area contributed by atoms with E-state index in [-0.39, 0.29) is 5.91 Å². The highest BCUT2D eigenvalue weighted by Gasteiger charge is 2.27. The highest BCUT2D eigenvalue weighted by Crippen LogP contribution is 2.28. The Morgan fingerprint density at radius 2 is 2.17 bits per heavy atom. The van der Waals surface area contributed by atoms with Gasteiger partial charge in [0.2, 0.25) is 0 Å². The number of alkyl halides is 1. The van der Waals surface area contributed by atoms with Crippen molar-refractivity contribution < 1.29 is 4.79 Å². The zero-order valence-electron chi connectivity index (χ0n) is 9.83. The maximum Gasteiger partial charge on any atom is 0.255 e. The van der Waals surface area contributed by atoms with Crippen molar-refractivity contribution >= 4 is 40.7 Å². The van der Waals surface area contributed by atoms with Gasteiger partial charge in [-0.25, -0.2) is 0 Å². The van der Waals surface area contributed by atoms with E-state index in [1.807, 2.05) is 4.90 Å². The van der Waals surface area contributed by atoms with Crippen molar-refractivity contribution in [3.05, 3.63) is 33.8 Å². The summed E-state index contributed by atoms with van der Waals surface area (Å²) >= 11 is 17.7. The minimum Gasteiger partial charge on any atom is -0.338 e. The van der Waals surface area contributed by atoms with Crippen LogP contribution in [-0.4, -0.2) is 29.8 Å². The molecule has 1 aromatic rings. The number of carbonyl (C=O) groups is 1. The number of amides is 1. The molecule has 0 saturated carbocycles. The number of hydrogen-bond acceptors (Lipinski definition) is 1. The maximum absolute atomic E-state index is 12.3. The monoisotopic (exact) mass is 305 g/mol. The Labute approximate surface area is 122 Å². The van der Waals surface area contributed by atoms with Crippen molar-refractivity contribution in [2.45, 2.75) is 12.8 Å². The molecule has 1 fully saturated rings. The van der Waals surface area contributed by atoms with Crippen LogP contribution < -0.4 is 0 Å². The number of benzene rings is 1. The number of likely N-dealkylation sites (tertiary alicyclic amines) is 1. The highest BCUT2D eigenvalue weighted by molar-refractivity contribution is 6.43. The van der Waals surface area contributed by atoms with E-state index in [0.29, 0.717) is 27.4 Å². The predicted molar refractivity (Wildman–Crippen MR) is 75.8 cm³/mol. The minimum atomic E-state index is -0.0421. The number of rotatable bonds is 3. The number of halogens is 3. The molecule has 0 N–H and O–H groups in total. The fraction of sp³-hybridized carbons (Fsp3) is 0.462. The van der Waals surface area contributed by atoms with Crippen LogP contribution in [0.1, 0.15) is 23.2 Å². The van der Waals surface area contributed by atoms with Crippen molar-refractivity contribution in [2.75, 3.05) is 19.0 Å². The molecule has 1 atom stereocenters. The summed E-state index contributed by atoms with van der Waals surface area (Å²) in [6.45, 7) is 1.53. The smallest absolute Gasteiger partial charge is 0.255 e. The zero-order valence-corrected chi connectivity index (χ0v) is 12.1. The lowest BCUT2D eigenvalue weighted by atomic mass is 10.1. The Morgan fingerprint density at radius 1 is 1.39 bits per heavy atom. The topological polar surface area (TPSA) is 20.3 Å². The summed E-state index contributed by atoms with van der Waals surface area (Å²) < 4.78 is 0. The molecule has 1 aliphatic rings. The van der Waals surface area contributed by atoms with E-state index in [0.717, 1.165) is 25.9 Å². The van der Waals surface area contributed by atoms with E-state index in [9.17, 15) is 4.79 Å². The fourth-order valence-corrected chi connectivity index (χ4v) is 2.94. The molecule has 0 spiro atoms. The van der Waals surface area contributed by atoms with Gasteiger partial charge in [-0.3, -0.25) is 4.79 Å². The van der Waals surface area contributed by atoms with Crippen molar-refractivity contribution in [2.24, 2.45) is 5.92 Å². The molecule has 1 aromatic carbocycles. The number of hydrogen-bond donors (Lipinski definition) is 0. The van der Waals surface area contributed by atoms with Gasteiger partial charge in [0, 0.05) is 19.0 Å². The van der Waals surface area contributed by atoms with E-state index in [2.05, 4.69) is 0 Å². The zero-order chi connectivity index (χ0) is 13.1. The summed E-state index contributed by atoms with van der Waals surface area (Å²) in [5, 5.41) is 0.754. The molecule has 1 heterocycles. The predicted octanol–water partition coefficient (Wildman–Crippen LogP) is 4.08. The SMILES string of the molecule is O=C(c1cccc(Cl)c1Cl)N1CCC(CCCl)C1. The lowest BCUT2D eigenvalue weighted by Gasteiger charge is -2.17. The standard InChI is InChI=1S/C13H14Cl3NO/c14-6-4-9-5-7-17(8-9)13(18)10-2-1-3-11(15)12(10)16/h1-3,9H,4-8H2. The van der Waals surface area contributed by atoms with Crippen LogP contribution >= 0.6 is 34.8 Å². The first-order valence-electron chi connectivity index (χ1n) is 5.92. The van der Waals surface area contributed by atoms with Gasteiger partial charge in [0.25, 0.3) is 5.91 Å². The van der Waals surface area contributed by atoms with Gasteiger partial charge in [-0.2, -0.15) is 0 Å². The highest BCUT2D eigenvalue weighted by atomic mass is 35.5. The van der Waals surface area contributed by atoms with Crippen LogP contribution in [-0.2, 0) is 0 Å². The molecular formula is C13H14Cl3NO. The average molecular weight is 307 g/mol. The molecule has 0 aromatic heterocycles. The molecular weight excluding hydrogens is 293 g/mol. The third kappa shape index (κ3) is 2.93. The first-order valence-corrected chi connectivity index (χ1v) is 7.21. The van der Waals surface area contributed by atoms with Crippen molar-refractivity contribution in [3.8, 4) is 0 Å². The first-order chi connectivity index (χ1) is 8.63. The lowest BCUT2D eigenvalue weighted by Crippen LogP contribution is -2.29. The number of carbonyl (C=O) groups excluding carboxylic acids is 1. The average Bonchev–Trinajstić information content (AvgIpc) is 2.81. The lowest BCUT2D eigenvalue weighted by molar-refractivity contribution is 0.0787. The molecule has 5 heteroatoms. The summed E-state index contributed by atoms with van der Waals surface area (Å²) in [6.07, 6.45) is 1.96. The van der Waals surface area contributed by atoms with Crippen LogP contribution in [0.25, 0.3) is 0 Å². The van der Waals surface area contributed by atoms with Gasteiger partial charge in [-0.1, -0.05) is 29.3 Å². The second kappa shape index (κ2) is 6.14. The van der Waals surface area contributed by atoms with E-state index in [1.165, 1.54) is 0 Å². The molecule has 1 amide bonds. The Morgan fingerprint density at radius 3 is 2.89 bits per heavy atom. The molecule has 0 radical (unpaired) electrons. The third-order valence-corrected chi connectivity index (χ3v) is 4.31. The largest absolute Gasteiger partial charge is 0.338 e. The normalized spacial score (nSPS) is 19.3. The molecule has 1 aliphatic heterocycles. The van der Waals surface area contributed by atoms with Gasteiger partial charge in [-0.05, 0) is 30.9 Å². The van der Waals surface area contributed by atoms with Crippen LogP contribution in [0.2, 0.25) is 10.0 Å². The Hall–Kier alpha value is -0.440. The molecule has 1 saturated heterocycles. The molecule has 98 valence electrons. The molecule has 2 rings (SSSR count). The molecule has 0 aliphatic carbocycles. The Balaban J connectivity index is 2.11. The van der Waals surface area contributed by atoms with Crippen LogP contribution in [0.4, 0.5) is 0 Å². The van der Waals surface area contributed by atoms with E-state index < -0.39 is 0 Å². The summed E-state index contributed by atoms with van der Waals surface area (Å²) in [6, 6.07) is 5.14. The Kier molecular flexibility index (Phi) is 4.77. The molecule has 1 unspecified atom stereocenters. The first kappa shape index (κ1) is 14.0. The van der Waals surface area contributed by atoms with Gasteiger partial charge in [0.05, 0.1) is 15.6 Å². The quantitative estimate of drug-likeness (QED) is 0.770. The van der Waals surface area contributed by atoms with Crippen molar-refractivity contribution in [1.82, 2.24) is 4.90 Å². The summed E-state index contributed by atoms with van der Waals surface area (Å²) in [7, 11) is 0. The van der Waals surface area contributed by atoms with Crippen molar-refractivity contribution in [3.63, 3.8) is 0 Å². The Bertz CT molecular complexity index is 450. The summed E-state index contributed by atoms with van der Waals surface area (Å²) in [4.78, 5) is 14.1. The summed E-state index contributed by atoms with van der Waals surface area (Å²) in [5.41, 5.74) is 0.482. The van der Waals surface area contributed by atoms with Gasteiger partial charge >= 0.3 is 0 Å². The van der Waals surface area contributed by atoms with E-state index in [4.69, 9.17) is 34.8 Å². The molecule has 0 bridgehead atoms. The molecule has 18 heavy (non-hydrogen) atoms. The molecule has 2 nitrogen and oxygen atoms in total. The van der Waals surface area contributed by atoms with Crippen LogP contribution in [0.15, 0.2) is 18.2 Å². The van der Waals surface area contributed by atoms with E-state index in [1.54, 1.807) is 18.2 Å². The van der Waals surface area contributed by atoms with Crippen LogP contribution in [0, 0.1) is 5.92 Å². The second-order valence-electron chi connectivity index (χ2n) is 4.48. The second-order valence-corrected chi connectivity index (χ2v) is 5.65. The number of nitrogens with zero attached hydrogens (tertiary/aromatic N) is 1. The fourth-order valence-electron chi connectivity index (χ4n) is 2.25.